The summed E-state index contributed by atoms with van der Waals surface area (Å²) in [6.45, 7) is 0.540. The van der Waals surface area contributed by atoms with Crippen LogP contribution in [0.25, 0.3) is 10.9 Å². The van der Waals surface area contributed by atoms with Crippen LogP contribution in [0.15, 0.2) is 48.5 Å². The summed E-state index contributed by atoms with van der Waals surface area (Å²) in [7, 11) is 1.54. The number of carbonyl (C=O) groups is 3. The van der Waals surface area contributed by atoms with Gasteiger partial charge < -0.3 is 25.7 Å². The van der Waals surface area contributed by atoms with E-state index in [1.807, 2.05) is 12.1 Å². The molecule has 4 rings (SSSR count). The molecule has 0 aliphatic carbocycles. The fraction of sp³-hybridized carbons (Fsp3) is 0.296. The number of aromatic nitrogens is 1. The number of ether oxygens (including phenoxy) is 1. The predicted octanol–water partition coefficient (Wildman–Crippen LogP) is 1.92. The zero-order valence-corrected chi connectivity index (χ0v) is 20.2. The Balaban J connectivity index is 1.55. The number of fused-ring (bicyclic) bond motifs is 1. The van der Waals surface area contributed by atoms with E-state index in [9.17, 15) is 24.9 Å². The molecule has 10 heteroatoms. The fourth-order valence-electron chi connectivity index (χ4n) is 4.45. The first kappa shape index (κ1) is 25.3. The zero-order valence-electron chi connectivity index (χ0n) is 20.2. The molecule has 1 saturated heterocycles. The first-order valence-corrected chi connectivity index (χ1v) is 11.8. The van der Waals surface area contributed by atoms with Gasteiger partial charge in [-0.1, -0.05) is 18.2 Å². The minimum atomic E-state index is -1.04. The predicted molar refractivity (Wildman–Crippen MR) is 134 cm³/mol. The molecule has 0 bridgehead atoms. The molecule has 3 aromatic rings. The lowest BCUT2D eigenvalue weighted by Gasteiger charge is -2.21. The summed E-state index contributed by atoms with van der Waals surface area (Å²) in [4.78, 5) is 41.5. The van der Waals surface area contributed by atoms with Crippen LogP contribution in [0.2, 0.25) is 0 Å². The van der Waals surface area contributed by atoms with Gasteiger partial charge in [-0.3, -0.25) is 14.4 Å². The number of rotatable bonds is 9. The molecule has 2 aromatic carbocycles. The first-order valence-electron chi connectivity index (χ1n) is 11.8. The summed E-state index contributed by atoms with van der Waals surface area (Å²) >= 11 is 0. The largest absolute Gasteiger partial charge is 0.496 e. The maximum absolute atomic E-state index is 13.3. The van der Waals surface area contributed by atoms with Crippen molar-refractivity contribution < 1.29 is 19.1 Å². The third-order valence-electron chi connectivity index (χ3n) is 6.36. The molecule has 2 heterocycles. The number of carbonyl (C=O) groups excluding carboxylic acids is 3. The standard InChI is InChI=1S/C27H26N6O4/c1-37-24-7-3-6-21-20(24)13-23(32-21)27(36)33-22(11-16-4-2-5-17(10-16)14-28)26(35)31-19(15-29)12-18-8-9-30-25(18)34/h2-7,10,13,18-19,22,32H,8-9,11-12H2,1H3,(H,30,34)(H,31,35)(H,33,36). The molecule has 0 saturated carbocycles. The van der Waals surface area contributed by atoms with Crippen LogP contribution in [-0.2, 0) is 16.0 Å². The van der Waals surface area contributed by atoms with Crippen LogP contribution in [0.1, 0.15) is 34.5 Å². The van der Waals surface area contributed by atoms with Crippen molar-refractivity contribution in [2.24, 2.45) is 5.92 Å². The second-order valence-corrected chi connectivity index (χ2v) is 8.85. The van der Waals surface area contributed by atoms with E-state index in [0.717, 1.165) is 5.39 Å². The van der Waals surface area contributed by atoms with Gasteiger partial charge in [0, 0.05) is 29.8 Å². The molecular weight excluding hydrogens is 472 g/mol. The Hall–Kier alpha value is -4.83. The highest BCUT2D eigenvalue weighted by molar-refractivity contribution is 6.01. The van der Waals surface area contributed by atoms with E-state index in [0.29, 0.717) is 35.4 Å². The van der Waals surface area contributed by atoms with E-state index in [1.165, 1.54) is 7.11 Å². The SMILES string of the molecule is COc1cccc2[nH]c(C(=O)NC(Cc3cccc(C#N)c3)C(=O)NC(C#N)CC3CCNC3=O)cc12. The van der Waals surface area contributed by atoms with Gasteiger partial charge in [0.25, 0.3) is 5.91 Å². The average Bonchev–Trinajstić information content (AvgIpc) is 3.53. The maximum Gasteiger partial charge on any atom is 0.268 e. The van der Waals surface area contributed by atoms with Gasteiger partial charge in [0.1, 0.15) is 23.5 Å². The first-order chi connectivity index (χ1) is 17.9. The van der Waals surface area contributed by atoms with Crippen molar-refractivity contribution in [1.29, 1.82) is 10.5 Å². The molecule has 1 aliphatic heterocycles. The van der Waals surface area contributed by atoms with Crippen molar-refractivity contribution in [3.05, 3.63) is 65.4 Å². The number of methoxy groups -OCH3 is 1. The Morgan fingerprint density at radius 3 is 2.68 bits per heavy atom. The van der Waals surface area contributed by atoms with Crippen LogP contribution >= 0.6 is 0 Å². The van der Waals surface area contributed by atoms with Crippen LogP contribution in [0, 0.1) is 28.6 Å². The van der Waals surface area contributed by atoms with E-state index < -0.39 is 23.9 Å². The molecule has 3 amide bonds. The van der Waals surface area contributed by atoms with Gasteiger partial charge in [-0.15, -0.1) is 0 Å². The van der Waals surface area contributed by atoms with Crippen LogP contribution in [-0.4, -0.2) is 48.4 Å². The van der Waals surface area contributed by atoms with Crippen molar-refractivity contribution in [3.63, 3.8) is 0 Å². The summed E-state index contributed by atoms with van der Waals surface area (Å²) in [6, 6.07) is 15.9. The lowest BCUT2D eigenvalue weighted by atomic mass is 9.98. The van der Waals surface area contributed by atoms with E-state index in [2.05, 4.69) is 27.0 Å². The fourth-order valence-corrected chi connectivity index (χ4v) is 4.45. The highest BCUT2D eigenvalue weighted by Crippen LogP contribution is 2.26. The molecule has 0 spiro atoms. The summed E-state index contributed by atoms with van der Waals surface area (Å²) in [5.74, 6) is -0.968. The van der Waals surface area contributed by atoms with Crippen molar-refractivity contribution >= 4 is 28.6 Å². The van der Waals surface area contributed by atoms with E-state index >= 15 is 0 Å². The number of aromatic amines is 1. The average molecular weight is 499 g/mol. The van der Waals surface area contributed by atoms with Crippen molar-refractivity contribution in [2.45, 2.75) is 31.3 Å². The number of nitriles is 2. The lowest BCUT2D eigenvalue weighted by Crippen LogP contribution is -2.51. The maximum atomic E-state index is 13.3. The molecule has 4 N–H and O–H groups in total. The number of H-pyrrole nitrogens is 1. The minimum Gasteiger partial charge on any atom is -0.496 e. The number of hydrogen-bond acceptors (Lipinski definition) is 6. The normalized spacial score (nSPS) is 16.2. The second kappa shape index (κ2) is 11.3. The van der Waals surface area contributed by atoms with Crippen LogP contribution in [0.5, 0.6) is 5.75 Å². The number of amides is 3. The van der Waals surface area contributed by atoms with Gasteiger partial charge in [0.2, 0.25) is 11.8 Å². The molecule has 1 aromatic heterocycles. The van der Waals surface area contributed by atoms with Crippen LogP contribution < -0.4 is 20.7 Å². The van der Waals surface area contributed by atoms with Crippen molar-refractivity contribution in [3.8, 4) is 17.9 Å². The summed E-state index contributed by atoms with van der Waals surface area (Å²) < 4.78 is 5.36. The van der Waals surface area contributed by atoms with Gasteiger partial charge >= 0.3 is 0 Å². The Bertz CT molecular complexity index is 1420. The monoisotopic (exact) mass is 498 g/mol. The second-order valence-electron chi connectivity index (χ2n) is 8.85. The van der Waals surface area contributed by atoms with Gasteiger partial charge in [-0.2, -0.15) is 10.5 Å². The Morgan fingerprint density at radius 2 is 1.97 bits per heavy atom. The quantitative estimate of drug-likeness (QED) is 0.353. The third-order valence-corrected chi connectivity index (χ3v) is 6.36. The minimum absolute atomic E-state index is 0.0959. The summed E-state index contributed by atoms with van der Waals surface area (Å²) in [6.07, 6.45) is 0.872. The molecule has 37 heavy (non-hydrogen) atoms. The zero-order chi connectivity index (χ0) is 26.4. The number of nitrogens with zero attached hydrogens (tertiary/aromatic N) is 2. The van der Waals surface area contributed by atoms with Crippen molar-refractivity contribution in [1.82, 2.24) is 20.9 Å². The van der Waals surface area contributed by atoms with Crippen LogP contribution in [0.3, 0.4) is 0 Å². The molecule has 3 atom stereocenters. The highest BCUT2D eigenvalue weighted by Gasteiger charge is 2.30. The Kier molecular flexibility index (Phi) is 7.70. The Labute approximate surface area is 213 Å². The number of nitrogens with one attached hydrogen (secondary N) is 4. The molecule has 1 aliphatic rings. The summed E-state index contributed by atoms with van der Waals surface area (Å²) in [5, 5.41) is 27.7. The molecule has 1 fully saturated rings. The topological polar surface area (TPSA) is 160 Å². The van der Waals surface area contributed by atoms with Crippen LogP contribution in [0.4, 0.5) is 0 Å². The third kappa shape index (κ3) is 5.88. The number of hydrogen-bond donors (Lipinski definition) is 4. The molecular formula is C27H26N6O4. The lowest BCUT2D eigenvalue weighted by molar-refractivity contribution is -0.125. The van der Waals surface area contributed by atoms with Crippen molar-refractivity contribution in [2.75, 3.05) is 13.7 Å². The molecule has 10 nitrogen and oxygen atoms in total. The van der Waals surface area contributed by atoms with E-state index in [4.69, 9.17) is 4.74 Å². The molecule has 188 valence electrons. The van der Waals surface area contributed by atoms with Gasteiger partial charge in [0.15, 0.2) is 0 Å². The summed E-state index contributed by atoms with van der Waals surface area (Å²) in [5.41, 5.74) is 2.03. The van der Waals surface area contributed by atoms with E-state index in [1.54, 1.807) is 42.5 Å². The highest BCUT2D eigenvalue weighted by atomic mass is 16.5. The van der Waals surface area contributed by atoms with E-state index in [-0.39, 0.29) is 30.4 Å². The van der Waals surface area contributed by atoms with Gasteiger partial charge in [0.05, 0.1) is 24.8 Å². The number of benzene rings is 2. The molecule has 0 radical (unpaired) electrons. The smallest absolute Gasteiger partial charge is 0.268 e. The molecule has 3 unspecified atom stereocenters. The Morgan fingerprint density at radius 1 is 1.16 bits per heavy atom. The van der Waals surface area contributed by atoms with Gasteiger partial charge in [-0.25, -0.2) is 0 Å². The van der Waals surface area contributed by atoms with Gasteiger partial charge in [-0.05, 0) is 48.7 Å².